The third-order valence-corrected chi connectivity index (χ3v) is 8.56. The number of ether oxygens (including phenoxy) is 2. The number of amides is 1. The van der Waals surface area contributed by atoms with Crippen molar-refractivity contribution in [2.45, 2.75) is 26.0 Å². The zero-order valence-electron chi connectivity index (χ0n) is 20.1. The van der Waals surface area contributed by atoms with Crippen LogP contribution in [0.5, 0.6) is 5.75 Å². The van der Waals surface area contributed by atoms with Crippen molar-refractivity contribution in [1.29, 1.82) is 0 Å². The van der Waals surface area contributed by atoms with E-state index in [2.05, 4.69) is 15.0 Å². The number of hydrogen-bond donors (Lipinski definition) is 1. The molecule has 1 amide bonds. The van der Waals surface area contributed by atoms with Gasteiger partial charge >= 0.3 is 0 Å². The lowest BCUT2D eigenvalue weighted by Crippen LogP contribution is -2.43. The summed E-state index contributed by atoms with van der Waals surface area (Å²) in [5.74, 6) is 0.944. The number of hydrogen-bond acceptors (Lipinski definition) is 10. The molecule has 1 saturated heterocycles. The number of rotatable bonds is 6. The van der Waals surface area contributed by atoms with Gasteiger partial charge < -0.3 is 24.4 Å². The zero-order valence-corrected chi connectivity index (χ0v) is 22.5. The Hall–Kier alpha value is -2.77. The normalized spacial score (nSPS) is 17.9. The molecule has 0 aromatic carbocycles. The summed E-state index contributed by atoms with van der Waals surface area (Å²) in [7, 11) is 0. The van der Waals surface area contributed by atoms with E-state index in [9.17, 15) is 9.90 Å². The largest absolute Gasteiger partial charge is 0.481 e. The molecule has 0 saturated carbocycles. The first kappa shape index (κ1) is 24.6. The molecule has 4 aromatic heterocycles. The number of anilines is 1. The van der Waals surface area contributed by atoms with Gasteiger partial charge in [0.15, 0.2) is 17.5 Å². The molecule has 37 heavy (non-hydrogen) atoms. The van der Waals surface area contributed by atoms with Gasteiger partial charge in [0.2, 0.25) is 4.96 Å². The number of nitrogens with zero attached hydrogens (tertiary/aromatic N) is 6. The molecular weight excluding hydrogens is 536 g/mol. The number of carbonyl (C=O) groups is 1. The number of aliphatic hydroxyl groups is 1. The van der Waals surface area contributed by atoms with Crippen LogP contribution >= 0.6 is 34.3 Å². The van der Waals surface area contributed by atoms with Crippen LogP contribution < -0.4 is 9.64 Å². The number of carbonyl (C=O) groups excluding carboxylic acids is 1. The van der Waals surface area contributed by atoms with E-state index >= 15 is 0 Å². The minimum absolute atomic E-state index is 0.0507. The van der Waals surface area contributed by atoms with Gasteiger partial charge in [0.25, 0.3) is 5.91 Å². The van der Waals surface area contributed by atoms with E-state index in [1.165, 1.54) is 22.7 Å². The summed E-state index contributed by atoms with van der Waals surface area (Å²) in [5.41, 5.74) is 2.75. The lowest BCUT2D eigenvalue weighted by Gasteiger charge is -2.35. The van der Waals surface area contributed by atoms with Crippen molar-refractivity contribution >= 4 is 51.0 Å². The van der Waals surface area contributed by atoms with Crippen LogP contribution in [0, 0.1) is 6.92 Å². The minimum atomic E-state index is -0.384. The molecule has 2 aliphatic heterocycles. The first-order chi connectivity index (χ1) is 18.0. The lowest BCUT2D eigenvalue weighted by atomic mass is 9.97. The van der Waals surface area contributed by atoms with E-state index in [0.29, 0.717) is 31.9 Å². The number of aliphatic hydroxyl groups excluding tert-OH is 1. The van der Waals surface area contributed by atoms with Crippen LogP contribution in [0.15, 0.2) is 23.6 Å². The molecule has 2 aliphatic rings. The molecule has 1 atom stereocenters. The Balaban J connectivity index is 1.25. The predicted molar refractivity (Wildman–Crippen MR) is 141 cm³/mol. The summed E-state index contributed by atoms with van der Waals surface area (Å²) >= 11 is 9.41. The van der Waals surface area contributed by atoms with Crippen LogP contribution in [0.3, 0.4) is 0 Å². The van der Waals surface area contributed by atoms with Gasteiger partial charge in [-0.3, -0.25) is 4.79 Å². The molecule has 6 rings (SSSR count). The average molecular weight is 561 g/mol. The molecule has 1 fully saturated rings. The Labute approximate surface area is 226 Å². The van der Waals surface area contributed by atoms with Crippen LogP contribution in [0.4, 0.5) is 5.82 Å². The number of imidazole rings is 1. The average Bonchev–Trinajstić information content (AvgIpc) is 3.62. The van der Waals surface area contributed by atoms with Crippen LogP contribution in [0.25, 0.3) is 4.96 Å². The maximum absolute atomic E-state index is 13.6. The Morgan fingerprint density at radius 1 is 1.27 bits per heavy atom. The first-order valence-electron chi connectivity index (χ1n) is 12.0. The highest BCUT2D eigenvalue weighted by atomic mass is 35.5. The molecule has 0 radical (unpaired) electrons. The summed E-state index contributed by atoms with van der Waals surface area (Å²) in [5, 5.41) is 17.4. The van der Waals surface area contributed by atoms with Gasteiger partial charge in [-0.1, -0.05) is 22.9 Å². The molecule has 10 nitrogen and oxygen atoms in total. The highest BCUT2D eigenvalue weighted by molar-refractivity contribution is 7.16. The maximum Gasteiger partial charge on any atom is 0.261 e. The molecule has 194 valence electrons. The smallest absolute Gasteiger partial charge is 0.261 e. The van der Waals surface area contributed by atoms with Gasteiger partial charge in [-0.05, 0) is 36.1 Å². The topological polar surface area (TPSA) is 105 Å². The van der Waals surface area contributed by atoms with Gasteiger partial charge in [-0.15, -0.1) is 11.3 Å². The second-order valence-electron chi connectivity index (χ2n) is 8.85. The Morgan fingerprint density at radius 2 is 2.11 bits per heavy atom. The molecule has 1 N–H and O–H groups in total. The summed E-state index contributed by atoms with van der Waals surface area (Å²) in [6, 6.07) is 5.16. The first-order valence-corrected chi connectivity index (χ1v) is 14.0. The lowest BCUT2D eigenvalue weighted by molar-refractivity contribution is -0.135. The minimum Gasteiger partial charge on any atom is -0.481 e. The number of aromatic nitrogens is 4. The standard InChI is InChI=1S/C24H25ClN6O4S2/c1-14-28-31-22-17(26-24(31)37-14)4-5-30(21(22)15-10-16(11-32)36-13-15)20(33)12-35-18-2-3-19(27-23(18)25)29-6-8-34-9-7-29/h2-3,10,13,21,32H,4-9,11-12H2,1H3. The maximum atomic E-state index is 13.6. The summed E-state index contributed by atoms with van der Waals surface area (Å²) in [6.45, 7) is 5.01. The Kier molecular flexibility index (Phi) is 6.76. The molecule has 4 aromatic rings. The number of thiophene rings is 1. The number of aryl methyl sites for hydroxylation is 1. The van der Waals surface area contributed by atoms with Crippen molar-refractivity contribution in [2.75, 3.05) is 44.4 Å². The highest BCUT2D eigenvalue weighted by Crippen LogP contribution is 2.38. The Bertz CT molecular complexity index is 1450. The monoisotopic (exact) mass is 560 g/mol. The van der Waals surface area contributed by atoms with Crippen molar-refractivity contribution < 1.29 is 19.4 Å². The number of halogens is 1. The molecule has 13 heteroatoms. The Morgan fingerprint density at radius 3 is 2.86 bits per heavy atom. The van der Waals surface area contributed by atoms with Crippen LogP contribution in [0.1, 0.15) is 32.9 Å². The van der Waals surface area contributed by atoms with Crippen molar-refractivity contribution in [2.24, 2.45) is 0 Å². The van der Waals surface area contributed by atoms with Crippen LogP contribution in [-0.4, -0.2) is 75.0 Å². The van der Waals surface area contributed by atoms with Gasteiger partial charge in [0.1, 0.15) is 16.9 Å². The van der Waals surface area contributed by atoms with Crippen LogP contribution in [-0.2, 0) is 22.6 Å². The highest BCUT2D eigenvalue weighted by Gasteiger charge is 2.37. The van der Waals surface area contributed by atoms with Gasteiger partial charge in [-0.2, -0.15) is 5.10 Å². The van der Waals surface area contributed by atoms with E-state index in [1.54, 1.807) is 11.0 Å². The molecule has 1 unspecified atom stereocenters. The molecule has 0 spiro atoms. The zero-order chi connectivity index (χ0) is 25.5. The molecule has 0 aliphatic carbocycles. The fourth-order valence-electron chi connectivity index (χ4n) is 4.80. The molecule has 6 heterocycles. The van der Waals surface area contributed by atoms with Gasteiger partial charge in [0.05, 0.1) is 31.2 Å². The second-order valence-corrected chi connectivity index (χ2v) is 11.4. The summed E-state index contributed by atoms with van der Waals surface area (Å²) in [6.07, 6.45) is 0.625. The summed E-state index contributed by atoms with van der Waals surface area (Å²) < 4.78 is 13.1. The third-order valence-electron chi connectivity index (χ3n) is 6.53. The third kappa shape index (κ3) is 4.68. The van der Waals surface area contributed by atoms with Gasteiger partial charge in [0, 0.05) is 30.9 Å². The fourth-order valence-corrected chi connectivity index (χ4v) is 6.54. The van der Waals surface area contributed by atoms with E-state index in [0.717, 1.165) is 50.7 Å². The van der Waals surface area contributed by atoms with E-state index in [4.69, 9.17) is 26.1 Å². The number of pyridine rings is 1. The number of morpholine rings is 1. The fraction of sp³-hybridized carbons (Fsp3) is 0.417. The summed E-state index contributed by atoms with van der Waals surface area (Å²) in [4.78, 5) is 28.4. The predicted octanol–water partition coefficient (Wildman–Crippen LogP) is 3.09. The van der Waals surface area contributed by atoms with Crippen molar-refractivity contribution in [3.63, 3.8) is 0 Å². The molecule has 0 bridgehead atoms. The molecular formula is C24H25ClN6O4S2. The van der Waals surface area contributed by atoms with Crippen molar-refractivity contribution in [1.82, 2.24) is 24.5 Å². The van der Waals surface area contributed by atoms with E-state index in [1.807, 2.05) is 29.0 Å². The van der Waals surface area contributed by atoms with Crippen LogP contribution in [0.2, 0.25) is 5.15 Å². The quantitative estimate of drug-likeness (QED) is 0.359. The van der Waals surface area contributed by atoms with E-state index in [-0.39, 0.29) is 30.3 Å². The van der Waals surface area contributed by atoms with Crippen molar-refractivity contribution in [3.8, 4) is 5.75 Å². The second kappa shape index (κ2) is 10.2. The van der Waals surface area contributed by atoms with Gasteiger partial charge in [-0.25, -0.2) is 14.5 Å². The number of fused-ring (bicyclic) bond motifs is 3. The van der Waals surface area contributed by atoms with Crippen molar-refractivity contribution in [3.05, 3.63) is 55.6 Å². The van der Waals surface area contributed by atoms with E-state index < -0.39 is 0 Å². The SMILES string of the molecule is Cc1nn2c3c(nc2s1)CCN(C(=O)COc1ccc(N2CCOCC2)nc1Cl)C3c1csc(CO)c1.